The first-order valence-electron chi connectivity index (χ1n) is 10.1. The van der Waals surface area contributed by atoms with Gasteiger partial charge in [0.25, 0.3) is 0 Å². The van der Waals surface area contributed by atoms with Crippen molar-refractivity contribution in [2.45, 2.75) is 38.3 Å². The summed E-state index contributed by atoms with van der Waals surface area (Å²) in [6, 6.07) is 16.5. The van der Waals surface area contributed by atoms with E-state index in [2.05, 4.69) is 27.2 Å². The van der Waals surface area contributed by atoms with Crippen LogP contribution in [0.15, 0.2) is 53.1 Å². The highest BCUT2D eigenvalue weighted by molar-refractivity contribution is 5.56. The number of nitrogens with zero attached hydrogens (tertiary/aromatic N) is 3. The molecule has 1 aliphatic rings. The first-order chi connectivity index (χ1) is 14.3. The maximum Gasteiger partial charge on any atom is 0.241 e. The number of benzene rings is 2. The van der Waals surface area contributed by atoms with E-state index in [0.29, 0.717) is 24.3 Å². The Balaban J connectivity index is 1.53. The van der Waals surface area contributed by atoms with Crippen molar-refractivity contribution >= 4 is 0 Å². The summed E-state index contributed by atoms with van der Waals surface area (Å²) in [6.45, 7) is 1.67. The molecule has 3 aromatic rings. The molecule has 6 nitrogen and oxygen atoms in total. The minimum atomic E-state index is 0.343. The summed E-state index contributed by atoms with van der Waals surface area (Å²) < 4.78 is 16.2. The van der Waals surface area contributed by atoms with Crippen molar-refractivity contribution in [3.05, 3.63) is 60.0 Å². The van der Waals surface area contributed by atoms with Gasteiger partial charge in [-0.25, -0.2) is 0 Å². The lowest BCUT2D eigenvalue weighted by molar-refractivity contribution is 0.168. The number of methoxy groups -OCH3 is 2. The molecule has 29 heavy (non-hydrogen) atoms. The standard InChI is InChI=1S/C23H27N3O3/c1-27-19-12-10-17(11-13-19)21-9-4-3-5-14-26(21)16-22-24-23(25-29-22)18-7-6-8-20(15-18)28-2/h6-8,10-13,15,21H,3-5,9,14,16H2,1-2H3/t21-/m0/s1. The fourth-order valence-electron chi connectivity index (χ4n) is 3.93. The molecule has 1 aliphatic heterocycles. The normalized spacial score (nSPS) is 17.7. The Morgan fingerprint density at radius 2 is 1.83 bits per heavy atom. The zero-order chi connectivity index (χ0) is 20.1. The summed E-state index contributed by atoms with van der Waals surface area (Å²) in [6.07, 6.45) is 4.79. The molecule has 2 aromatic carbocycles. The van der Waals surface area contributed by atoms with Crippen LogP contribution >= 0.6 is 0 Å². The van der Waals surface area contributed by atoms with E-state index >= 15 is 0 Å². The van der Waals surface area contributed by atoms with E-state index in [0.717, 1.165) is 30.0 Å². The number of aromatic nitrogens is 2. The Morgan fingerprint density at radius 3 is 2.62 bits per heavy atom. The Bertz CT molecular complexity index is 923. The summed E-state index contributed by atoms with van der Waals surface area (Å²) in [4.78, 5) is 7.10. The smallest absolute Gasteiger partial charge is 0.241 e. The van der Waals surface area contributed by atoms with Gasteiger partial charge < -0.3 is 14.0 Å². The molecule has 0 saturated carbocycles. The van der Waals surface area contributed by atoms with Gasteiger partial charge in [-0.05, 0) is 49.2 Å². The summed E-state index contributed by atoms with van der Waals surface area (Å²) >= 11 is 0. The highest BCUT2D eigenvalue weighted by atomic mass is 16.5. The van der Waals surface area contributed by atoms with Crippen LogP contribution in [0.2, 0.25) is 0 Å². The van der Waals surface area contributed by atoms with Gasteiger partial charge in [-0.15, -0.1) is 0 Å². The molecule has 6 heteroatoms. The van der Waals surface area contributed by atoms with Crippen molar-refractivity contribution in [3.8, 4) is 22.9 Å². The first kappa shape index (κ1) is 19.5. The fraction of sp³-hybridized carbons (Fsp3) is 0.391. The third-order valence-corrected chi connectivity index (χ3v) is 5.50. The molecule has 0 unspecified atom stereocenters. The van der Waals surface area contributed by atoms with Crippen molar-refractivity contribution in [2.75, 3.05) is 20.8 Å². The zero-order valence-electron chi connectivity index (χ0n) is 17.0. The molecule has 0 spiro atoms. The molecular formula is C23H27N3O3. The monoisotopic (exact) mass is 393 g/mol. The summed E-state index contributed by atoms with van der Waals surface area (Å²) in [7, 11) is 3.35. The second kappa shape index (κ2) is 9.09. The van der Waals surface area contributed by atoms with E-state index in [9.17, 15) is 0 Å². The second-order valence-corrected chi connectivity index (χ2v) is 7.35. The zero-order valence-corrected chi connectivity index (χ0v) is 17.0. The molecule has 0 aliphatic carbocycles. The van der Waals surface area contributed by atoms with E-state index in [1.807, 2.05) is 36.4 Å². The van der Waals surface area contributed by atoms with Crippen LogP contribution in [-0.4, -0.2) is 35.8 Å². The third-order valence-electron chi connectivity index (χ3n) is 5.50. The van der Waals surface area contributed by atoms with Crippen molar-refractivity contribution in [2.24, 2.45) is 0 Å². The van der Waals surface area contributed by atoms with Gasteiger partial charge in [-0.2, -0.15) is 4.98 Å². The Morgan fingerprint density at radius 1 is 1.00 bits per heavy atom. The van der Waals surface area contributed by atoms with Crippen molar-refractivity contribution in [3.63, 3.8) is 0 Å². The van der Waals surface area contributed by atoms with Crippen LogP contribution in [0.25, 0.3) is 11.4 Å². The molecule has 1 aromatic heterocycles. The van der Waals surface area contributed by atoms with Gasteiger partial charge in [-0.3, -0.25) is 4.90 Å². The van der Waals surface area contributed by atoms with Crippen molar-refractivity contribution < 1.29 is 14.0 Å². The molecule has 1 fully saturated rings. The van der Waals surface area contributed by atoms with Crippen molar-refractivity contribution in [1.82, 2.24) is 15.0 Å². The first-order valence-corrected chi connectivity index (χ1v) is 10.1. The number of likely N-dealkylation sites (tertiary alicyclic amines) is 1. The average Bonchev–Trinajstić information content (AvgIpc) is 3.12. The minimum Gasteiger partial charge on any atom is -0.497 e. The van der Waals surface area contributed by atoms with Crippen LogP contribution in [0, 0.1) is 0 Å². The van der Waals surface area contributed by atoms with Crippen LogP contribution in [-0.2, 0) is 6.54 Å². The Kier molecular flexibility index (Phi) is 6.10. The maximum absolute atomic E-state index is 5.59. The van der Waals surface area contributed by atoms with E-state index in [1.165, 1.54) is 24.8 Å². The van der Waals surface area contributed by atoms with E-state index in [4.69, 9.17) is 14.0 Å². The fourth-order valence-corrected chi connectivity index (χ4v) is 3.93. The molecule has 152 valence electrons. The van der Waals surface area contributed by atoms with Crippen LogP contribution in [0.3, 0.4) is 0 Å². The van der Waals surface area contributed by atoms with Crippen LogP contribution < -0.4 is 9.47 Å². The molecule has 2 heterocycles. The lowest BCUT2D eigenvalue weighted by Crippen LogP contribution is -2.28. The third kappa shape index (κ3) is 4.59. The minimum absolute atomic E-state index is 0.343. The molecule has 0 bridgehead atoms. The van der Waals surface area contributed by atoms with Crippen LogP contribution in [0.1, 0.15) is 43.2 Å². The van der Waals surface area contributed by atoms with E-state index < -0.39 is 0 Å². The quantitative estimate of drug-likeness (QED) is 0.595. The molecule has 1 atom stereocenters. The van der Waals surface area contributed by atoms with E-state index in [1.54, 1.807) is 14.2 Å². The summed E-state index contributed by atoms with van der Waals surface area (Å²) in [5.74, 6) is 2.90. The number of rotatable bonds is 6. The molecular weight excluding hydrogens is 366 g/mol. The highest BCUT2D eigenvalue weighted by Crippen LogP contribution is 2.32. The SMILES string of the molecule is COc1ccc([C@@H]2CCCCCN2Cc2nc(-c3cccc(OC)c3)no2)cc1. The predicted octanol–water partition coefficient (Wildman–Crippen LogP) is 4.87. The van der Waals surface area contributed by atoms with E-state index in [-0.39, 0.29) is 0 Å². The van der Waals surface area contributed by atoms with Gasteiger partial charge in [-0.1, -0.05) is 42.3 Å². The van der Waals surface area contributed by atoms with Gasteiger partial charge in [0.1, 0.15) is 11.5 Å². The average molecular weight is 393 g/mol. The second-order valence-electron chi connectivity index (χ2n) is 7.35. The Labute approximate surface area is 171 Å². The predicted molar refractivity (Wildman–Crippen MR) is 111 cm³/mol. The Hall–Kier alpha value is -2.86. The number of ether oxygens (including phenoxy) is 2. The maximum atomic E-state index is 5.59. The van der Waals surface area contributed by atoms with Crippen LogP contribution in [0.4, 0.5) is 0 Å². The molecule has 1 saturated heterocycles. The molecule has 0 N–H and O–H groups in total. The summed E-state index contributed by atoms with van der Waals surface area (Å²) in [5.41, 5.74) is 2.20. The van der Waals surface area contributed by atoms with Gasteiger partial charge in [0.15, 0.2) is 0 Å². The number of hydrogen-bond acceptors (Lipinski definition) is 6. The van der Waals surface area contributed by atoms with Gasteiger partial charge in [0, 0.05) is 11.6 Å². The topological polar surface area (TPSA) is 60.6 Å². The lowest BCUT2D eigenvalue weighted by Gasteiger charge is -2.29. The van der Waals surface area contributed by atoms with Gasteiger partial charge >= 0.3 is 0 Å². The molecule has 0 radical (unpaired) electrons. The summed E-state index contributed by atoms with van der Waals surface area (Å²) in [5, 5.41) is 4.19. The van der Waals surface area contributed by atoms with Gasteiger partial charge in [0.2, 0.25) is 11.7 Å². The largest absolute Gasteiger partial charge is 0.497 e. The molecule has 0 amide bonds. The van der Waals surface area contributed by atoms with Gasteiger partial charge in [0.05, 0.1) is 20.8 Å². The van der Waals surface area contributed by atoms with Crippen molar-refractivity contribution in [1.29, 1.82) is 0 Å². The molecule has 4 rings (SSSR count). The lowest BCUT2D eigenvalue weighted by atomic mass is 10.0. The number of hydrogen-bond donors (Lipinski definition) is 0. The van der Waals surface area contributed by atoms with Crippen LogP contribution in [0.5, 0.6) is 11.5 Å². The highest BCUT2D eigenvalue weighted by Gasteiger charge is 2.25.